The van der Waals surface area contributed by atoms with Crippen LogP contribution in [0, 0.1) is 0 Å². The largest absolute Gasteiger partial charge is 0.496 e. The van der Waals surface area contributed by atoms with Crippen LogP contribution in [-0.2, 0) is 12.3 Å². The number of aliphatic hydroxyl groups is 1. The highest BCUT2D eigenvalue weighted by Crippen LogP contribution is 2.33. The maximum Gasteiger partial charge on any atom is 0.122 e. The lowest BCUT2D eigenvalue weighted by Gasteiger charge is -2.35. The highest BCUT2D eigenvalue weighted by Gasteiger charge is 2.22. The van der Waals surface area contributed by atoms with Gasteiger partial charge in [-0.3, -0.25) is 4.90 Å². The Morgan fingerprint density at radius 1 is 1.19 bits per heavy atom. The van der Waals surface area contributed by atoms with Gasteiger partial charge in [-0.25, -0.2) is 0 Å². The van der Waals surface area contributed by atoms with Crippen molar-refractivity contribution in [3.63, 3.8) is 0 Å². The number of rotatable bonds is 7. The Morgan fingerprint density at radius 3 is 2.85 bits per heavy atom. The standard InChI is InChI=1S/C21H26BrNO2S/c1-25-20-10-9-18(22)12-17(20)15-26-21-8-3-2-6-16(21)13-23-11-5-4-7-19(23)14-24/h2-3,6,8-10,12,19,24H,4-5,7,11,13-15H2,1H3. The number of piperidine rings is 1. The van der Waals surface area contributed by atoms with Gasteiger partial charge in [0, 0.05) is 33.3 Å². The minimum Gasteiger partial charge on any atom is -0.496 e. The molecular formula is C21H26BrNO2S. The fourth-order valence-corrected chi connectivity index (χ4v) is 4.92. The lowest BCUT2D eigenvalue weighted by Crippen LogP contribution is -2.41. The summed E-state index contributed by atoms with van der Waals surface area (Å²) in [6, 6.07) is 15.1. The molecule has 0 radical (unpaired) electrons. The average molecular weight is 436 g/mol. The molecule has 0 amide bonds. The van der Waals surface area contributed by atoms with Crippen LogP contribution in [-0.4, -0.2) is 36.3 Å². The first-order valence-electron chi connectivity index (χ1n) is 9.09. The maximum atomic E-state index is 9.68. The molecule has 140 valence electrons. The van der Waals surface area contributed by atoms with Crippen molar-refractivity contribution < 1.29 is 9.84 Å². The van der Waals surface area contributed by atoms with E-state index in [2.05, 4.69) is 51.2 Å². The maximum absolute atomic E-state index is 9.68. The fraction of sp³-hybridized carbons (Fsp3) is 0.429. The third-order valence-corrected chi connectivity index (χ3v) is 6.59. The molecule has 0 bridgehead atoms. The van der Waals surface area contributed by atoms with Crippen molar-refractivity contribution >= 4 is 27.7 Å². The van der Waals surface area contributed by atoms with Crippen molar-refractivity contribution in [2.75, 3.05) is 20.3 Å². The van der Waals surface area contributed by atoms with Crippen LogP contribution in [0.15, 0.2) is 51.8 Å². The van der Waals surface area contributed by atoms with Crippen molar-refractivity contribution in [1.82, 2.24) is 4.90 Å². The molecule has 0 saturated carbocycles. The number of methoxy groups -OCH3 is 1. The van der Waals surface area contributed by atoms with Crippen LogP contribution in [0.25, 0.3) is 0 Å². The number of thioether (sulfide) groups is 1. The van der Waals surface area contributed by atoms with E-state index in [1.165, 1.54) is 28.9 Å². The summed E-state index contributed by atoms with van der Waals surface area (Å²) < 4.78 is 6.57. The predicted molar refractivity (Wildman–Crippen MR) is 112 cm³/mol. The molecule has 1 aliphatic heterocycles. The van der Waals surface area contributed by atoms with E-state index in [9.17, 15) is 5.11 Å². The molecule has 0 aromatic heterocycles. The molecule has 1 N–H and O–H groups in total. The zero-order valence-corrected chi connectivity index (χ0v) is 17.6. The van der Waals surface area contributed by atoms with Gasteiger partial charge >= 0.3 is 0 Å². The quantitative estimate of drug-likeness (QED) is 0.613. The summed E-state index contributed by atoms with van der Waals surface area (Å²) in [4.78, 5) is 3.74. The van der Waals surface area contributed by atoms with Crippen molar-refractivity contribution in [3.05, 3.63) is 58.1 Å². The summed E-state index contributed by atoms with van der Waals surface area (Å²) in [6.45, 7) is 2.23. The minimum atomic E-state index is 0.255. The topological polar surface area (TPSA) is 32.7 Å². The Labute approximate surface area is 168 Å². The number of likely N-dealkylation sites (tertiary alicyclic amines) is 1. The molecule has 3 rings (SSSR count). The lowest BCUT2D eigenvalue weighted by molar-refractivity contribution is 0.0835. The molecule has 1 heterocycles. The molecule has 26 heavy (non-hydrogen) atoms. The van der Waals surface area contributed by atoms with Crippen LogP contribution in [0.5, 0.6) is 5.75 Å². The minimum absolute atomic E-state index is 0.255. The second-order valence-electron chi connectivity index (χ2n) is 6.66. The monoisotopic (exact) mass is 435 g/mol. The molecule has 1 atom stereocenters. The number of ether oxygens (including phenoxy) is 1. The Morgan fingerprint density at radius 2 is 2.04 bits per heavy atom. The van der Waals surface area contributed by atoms with Gasteiger partial charge in [-0.2, -0.15) is 0 Å². The number of benzene rings is 2. The van der Waals surface area contributed by atoms with E-state index >= 15 is 0 Å². The van der Waals surface area contributed by atoms with Gasteiger partial charge in [0.2, 0.25) is 0 Å². The van der Waals surface area contributed by atoms with Gasteiger partial charge in [0.1, 0.15) is 5.75 Å². The second-order valence-corrected chi connectivity index (χ2v) is 8.59. The van der Waals surface area contributed by atoms with Crippen LogP contribution in [0.3, 0.4) is 0 Å². The van der Waals surface area contributed by atoms with Crippen LogP contribution in [0.4, 0.5) is 0 Å². The average Bonchev–Trinajstić information content (AvgIpc) is 2.68. The van der Waals surface area contributed by atoms with Gasteiger partial charge in [-0.05, 0) is 49.2 Å². The van der Waals surface area contributed by atoms with E-state index in [4.69, 9.17) is 4.74 Å². The van der Waals surface area contributed by atoms with E-state index in [0.29, 0.717) is 6.04 Å². The van der Waals surface area contributed by atoms with Gasteiger partial charge in [0.05, 0.1) is 13.7 Å². The zero-order valence-electron chi connectivity index (χ0n) is 15.2. The van der Waals surface area contributed by atoms with E-state index < -0.39 is 0 Å². The highest BCUT2D eigenvalue weighted by molar-refractivity contribution is 9.10. The Hall–Kier alpha value is -1.01. The van der Waals surface area contributed by atoms with Crippen LogP contribution >= 0.6 is 27.7 Å². The molecular weight excluding hydrogens is 410 g/mol. The van der Waals surface area contributed by atoms with Crippen LogP contribution in [0.2, 0.25) is 0 Å². The first-order valence-corrected chi connectivity index (χ1v) is 10.9. The first kappa shape index (κ1) is 19.7. The number of hydrogen-bond acceptors (Lipinski definition) is 4. The summed E-state index contributed by atoms with van der Waals surface area (Å²) in [6.07, 6.45) is 3.54. The third kappa shape index (κ3) is 5.03. The lowest BCUT2D eigenvalue weighted by atomic mass is 10.0. The zero-order chi connectivity index (χ0) is 18.4. The summed E-state index contributed by atoms with van der Waals surface area (Å²) in [5, 5.41) is 9.68. The predicted octanol–water partition coefficient (Wildman–Crippen LogP) is 5.10. The smallest absolute Gasteiger partial charge is 0.122 e. The van der Waals surface area contributed by atoms with Gasteiger partial charge in [-0.15, -0.1) is 11.8 Å². The summed E-state index contributed by atoms with van der Waals surface area (Å²) in [5.74, 6) is 1.79. The van der Waals surface area contributed by atoms with Crippen LogP contribution < -0.4 is 4.74 Å². The molecule has 5 heteroatoms. The Balaban J connectivity index is 1.72. The van der Waals surface area contributed by atoms with E-state index in [1.54, 1.807) is 7.11 Å². The normalized spacial score (nSPS) is 18.0. The molecule has 1 aliphatic rings. The Kier molecular flexibility index (Phi) is 7.43. The van der Waals surface area contributed by atoms with E-state index in [0.717, 1.165) is 35.5 Å². The first-order chi connectivity index (χ1) is 12.7. The SMILES string of the molecule is COc1ccc(Br)cc1CSc1ccccc1CN1CCCCC1CO. The number of nitrogens with zero attached hydrogens (tertiary/aromatic N) is 1. The summed E-state index contributed by atoms with van der Waals surface area (Å²) in [5.41, 5.74) is 2.53. The molecule has 2 aromatic carbocycles. The molecule has 2 aromatic rings. The molecule has 0 aliphatic carbocycles. The van der Waals surface area contributed by atoms with Crippen molar-refractivity contribution in [2.24, 2.45) is 0 Å². The summed E-state index contributed by atoms with van der Waals surface area (Å²) >= 11 is 5.40. The molecule has 1 fully saturated rings. The molecule has 3 nitrogen and oxygen atoms in total. The number of hydrogen-bond donors (Lipinski definition) is 1. The molecule has 0 spiro atoms. The number of aliphatic hydroxyl groups excluding tert-OH is 1. The number of halogens is 1. The van der Waals surface area contributed by atoms with Crippen molar-refractivity contribution in [1.29, 1.82) is 0 Å². The fourth-order valence-electron chi connectivity index (χ4n) is 3.48. The van der Waals surface area contributed by atoms with Gasteiger partial charge in [0.25, 0.3) is 0 Å². The highest BCUT2D eigenvalue weighted by atomic mass is 79.9. The molecule has 1 saturated heterocycles. The van der Waals surface area contributed by atoms with Gasteiger partial charge in [0.15, 0.2) is 0 Å². The summed E-state index contributed by atoms with van der Waals surface area (Å²) in [7, 11) is 1.72. The molecule has 1 unspecified atom stereocenters. The Bertz CT molecular complexity index is 725. The van der Waals surface area contributed by atoms with Crippen molar-refractivity contribution in [3.8, 4) is 5.75 Å². The van der Waals surface area contributed by atoms with Gasteiger partial charge < -0.3 is 9.84 Å². The van der Waals surface area contributed by atoms with E-state index in [-0.39, 0.29) is 6.61 Å². The second kappa shape index (κ2) is 9.79. The van der Waals surface area contributed by atoms with E-state index in [1.807, 2.05) is 23.9 Å². The van der Waals surface area contributed by atoms with Crippen LogP contribution in [0.1, 0.15) is 30.4 Å². The third-order valence-electron chi connectivity index (χ3n) is 4.93. The van der Waals surface area contributed by atoms with Crippen molar-refractivity contribution in [2.45, 2.75) is 42.5 Å². The van der Waals surface area contributed by atoms with Gasteiger partial charge in [-0.1, -0.05) is 40.5 Å².